The van der Waals surface area contributed by atoms with Crippen LogP contribution in [0.5, 0.6) is 0 Å². The van der Waals surface area contributed by atoms with Crippen LogP contribution >= 0.6 is 0 Å². The smallest absolute Gasteiger partial charge is 0.378 e. The first-order chi connectivity index (χ1) is 19.3. The van der Waals surface area contributed by atoms with Gasteiger partial charge in [0, 0.05) is 52.0 Å². The molecule has 0 saturated carbocycles. The first-order valence-electron chi connectivity index (χ1n) is 13.0. The number of hydrogen-bond donors (Lipinski definition) is 1. The zero-order chi connectivity index (χ0) is 28.1. The summed E-state index contributed by atoms with van der Waals surface area (Å²) in [6.45, 7) is 5.37. The van der Waals surface area contributed by atoms with Crippen LogP contribution in [0.2, 0.25) is 0 Å². The van der Waals surface area contributed by atoms with Crippen LogP contribution < -0.4 is 10.3 Å². The largest absolute Gasteiger partial charge is 0.416 e. The molecule has 5 rings (SSSR count). The fraction of sp³-hybridized carbons (Fsp3) is 0.407. The molecule has 2 aliphatic heterocycles. The Balaban J connectivity index is 1.30. The molecule has 0 amide bonds. The SMILES string of the molecule is CN1CCN(Cc2ccc(-c3ccnc(/C=N/Nc4ncc(F)c(N5CCOCC5)n4)c3)cc2C(F)(F)F)CC1. The molecule has 2 aliphatic rings. The molecular formula is C27H30F4N8O. The van der Waals surface area contributed by atoms with Crippen molar-refractivity contribution < 1.29 is 22.3 Å². The fourth-order valence-corrected chi connectivity index (χ4v) is 4.67. The van der Waals surface area contributed by atoms with Gasteiger partial charge in [-0.3, -0.25) is 9.88 Å². The maximum Gasteiger partial charge on any atom is 0.416 e. The number of benzene rings is 1. The second-order valence-electron chi connectivity index (χ2n) is 9.75. The van der Waals surface area contributed by atoms with Gasteiger partial charge in [-0.25, -0.2) is 14.8 Å². The number of nitrogens with zero attached hydrogens (tertiary/aromatic N) is 7. The van der Waals surface area contributed by atoms with E-state index in [-0.39, 0.29) is 23.9 Å². The maximum absolute atomic E-state index is 14.2. The van der Waals surface area contributed by atoms with Crippen LogP contribution in [-0.4, -0.2) is 90.5 Å². The van der Waals surface area contributed by atoms with E-state index in [1.165, 1.54) is 18.5 Å². The molecule has 0 radical (unpaired) electrons. The van der Waals surface area contributed by atoms with Crippen molar-refractivity contribution in [2.45, 2.75) is 12.7 Å². The molecule has 2 saturated heterocycles. The van der Waals surface area contributed by atoms with Gasteiger partial charge in [0.15, 0.2) is 11.6 Å². The maximum atomic E-state index is 14.2. The Hall–Kier alpha value is -3.68. The van der Waals surface area contributed by atoms with Gasteiger partial charge in [-0.1, -0.05) is 12.1 Å². The topological polar surface area (TPSA) is 82.0 Å². The number of halogens is 4. The number of morpholine rings is 1. The Morgan fingerprint density at radius 3 is 2.50 bits per heavy atom. The van der Waals surface area contributed by atoms with E-state index in [4.69, 9.17) is 4.74 Å². The molecule has 4 heterocycles. The molecule has 0 aliphatic carbocycles. The third-order valence-corrected chi connectivity index (χ3v) is 6.92. The number of alkyl halides is 3. The summed E-state index contributed by atoms with van der Waals surface area (Å²) in [5, 5.41) is 4.09. The number of pyridine rings is 1. The molecule has 0 spiro atoms. The van der Waals surface area contributed by atoms with Crippen molar-refractivity contribution >= 4 is 18.0 Å². The van der Waals surface area contributed by atoms with Crippen molar-refractivity contribution in [3.63, 3.8) is 0 Å². The van der Waals surface area contributed by atoms with Crippen LogP contribution in [0, 0.1) is 5.82 Å². The Bertz CT molecular complexity index is 1340. The lowest BCUT2D eigenvalue weighted by atomic mass is 9.98. The lowest BCUT2D eigenvalue weighted by Gasteiger charge is -2.33. The second kappa shape index (κ2) is 12.2. The van der Waals surface area contributed by atoms with Crippen molar-refractivity contribution in [3.05, 3.63) is 65.4 Å². The van der Waals surface area contributed by atoms with Gasteiger partial charge in [0.25, 0.3) is 0 Å². The molecule has 1 aromatic carbocycles. The number of nitrogens with one attached hydrogen (secondary N) is 1. The van der Waals surface area contributed by atoms with Crippen molar-refractivity contribution in [3.8, 4) is 11.1 Å². The van der Waals surface area contributed by atoms with Gasteiger partial charge in [-0.05, 0) is 41.9 Å². The Morgan fingerprint density at radius 1 is 1.00 bits per heavy atom. The Kier molecular flexibility index (Phi) is 8.52. The van der Waals surface area contributed by atoms with E-state index in [9.17, 15) is 17.6 Å². The van der Waals surface area contributed by atoms with Crippen LogP contribution in [0.25, 0.3) is 11.1 Å². The number of piperazine rings is 1. The summed E-state index contributed by atoms with van der Waals surface area (Å²) in [5.74, 6) is -0.285. The Labute approximate surface area is 229 Å². The van der Waals surface area contributed by atoms with Gasteiger partial charge in [0.05, 0.1) is 36.9 Å². The van der Waals surface area contributed by atoms with Gasteiger partial charge in [-0.15, -0.1) is 0 Å². The van der Waals surface area contributed by atoms with E-state index >= 15 is 0 Å². The van der Waals surface area contributed by atoms with Crippen LogP contribution in [-0.2, 0) is 17.5 Å². The van der Waals surface area contributed by atoms with Crippen LogP contribution in [0.3, 0.4) is 0 Å². The fourth-order valence-electron chi connectivity index (χ4n) is 4.67. The number of likely N-dealkylation sites (N-methyl/N-ethyl adjacent to an activating group) is 1. The van der Waals surface area contributed by atoms with E-state index < -0.39 is 17.6 Å². The number of ether oxygens (including phenoxy) is 1. The van der Waals surface area contributed by atoms with E-state index in [0.29, 0.717) is 43.1 Å². The highest BCUT2D eigenvalue weighted by molar-refractivity contribution is 5.80. The van der Waals surface area contributed by atoms with Crippen LogP contribution in [0.4, 0.5) is 29.3 Å². The number of anilines is 2. The average Bonchev–Trinajstić information content (AvgIpc) is 2.95. The highest BCUT2D eigenvalue weighted by Gasteiger charge is 2.34. The van der Waals surface area contributed by atoms with Gasteiger partial charge in [-0.2, -0.15) is 23.3 Å². The van der Waals surface area contributed by atoms with E-state index in [1.807, 2.05) is 11.9 Å². The number of aromatic nitrogens is 3. The summed E-state index contributed by atoms with van der Waals surface area (Å²) < 4.78 is 61.6. The zero-order valence-electron chi connectivity index (χ0n) is 22.0. The molecular weight excluding hydrogens is 528 g/mol. The first-order valence-corrected chi connectivity index (χ1v) is 13.0. The van der Waals surface area contributed by atoms with Crippen molar-refractivity contribution in [1.82, 2.24) is 24.8 Å². The number of rotatable bonds is 7. The first kappa shape index (κ1) is 27.9. The van der Waals surface area contributed by atoms with Crippen LogP contribution in [0.15, 0.2) is 47.8 Å². The predicted octanol–water partition coefficient (Wildman–Crippen LogP) is 3.73. The van der Waals surface area contributed by atoms with Gasteiger partial charge < -0.3 is 14.5 Å². The molecule has 9 nitrogen and oxygen atoms in total. The minimum atomic E-state index is -4.48. The molecule has 0 bridgehead atoms. The predicted molar refractivity (Wildman–Crippen MR) is 144 cm³/mol. The van der Waals surface area contributed by atoms with E-state index in [0.717, 1.165) is 32.4 Å². The molecule has 40 heavy (non-hydrogen) atoms. The highest BCUT2D eigenvalue weighted by Crippen LogP contribution is 2.35. The second-order valence-corrected chi connectivity index (χ2v) is 9.75. The summed E-state index contributed by atoms with van der Waals surface area (Å²) in [5.41, 5.74) is 3.70. The van der Waals surface area contributed by atoms with Gasteiger partial charge in [0.2, 0.25) is 5.95 Å². The third kappa shape index (κ3) is 6.90. The van der Waals surface area contributed by atoms with Crippen molar-refractivity contribution in [1.29, 1.82) is 0 Å². The summed E-state index contributed by atoms with van der Waals surface area (Å²) in [7, 11) is 2.01. The molecule has 2 aromatic heterocycles. The molecule has 0 unspecified atom stereocenters. The zero-order valence-corrected chi connectivity index (χ0v) is 22.0. The summed E-state index contributed by atoms with van der Waals surface area (Å²) in [6.07, 6.45) is -0.501. The average molecular weight is 559 g/mol. The molecule has 0 atom stereocenters. The van der Waals surface area contributed by atoms with Crippen molar-refractivity contribution in [2.75, 3.05) is 69.9 Å². The van der Waals surface area contributed by atoms with Crippen LogP contribution in [0.1, 0.15) is 16.8 Å². The Morgan fingerprint density at radius 2 is 1.75 bits per heavy atom. The van der Waals surface area contributed by atoms with E-state index in [2.05, 4.69) is 30.4 Å². The monoisotopic (exact) mass is 558 g/mol. The summed E-state index contributed by atoms with van der Waals surface area (Å²) >= 11 is 0. The quantitative estimate of drug-likeness (QED) is 0.267. The summed E-state index contributed by atoms with van der Waals surface area (Å²) in [4.78, 5) is 18.3. The summed E-state index contributed by atoms with van der Waals surface area (Å²) in [6, 6.07) is 7.75. The molecule has 13 heteroatoms. The van der Waals surface area contributed by atoms with Gasteiger partial charge in [0.1, 0.15) is 0 Å². The normalized spacial score (nSPS) is 17.5. The highest BCUT2D eigenvalue weighted by atomic mass is 19.4. The standard InChI is InChI=1S/C27H30F4N8O/c1-37-6-8-38(9-7-37)18-21-3-2-19(15-23(21)27(29,30)31)20-4-5-32-22(14-20)16-34-36-26-33-17-24(28)25(35-26)39-10-12-40-13-11-39/h2-5,14-17H,6-13,18H2,1H3,(H,33,35,36)/b34-16+. The number of hydrazone groups is 1. The molecule has 1 N–H and O–H groups in total. The molecule has 2 fully saturated rings. The van der Waals surface area contributed by atoms with E-state index in [1.54, 1.807) is 29.2 Å². The lowest BCUT2D eigenvalue weighted by Crippen LogP contribution is -2.44. The molecule has 3 aromatic rings. The minimum Gasteiger partial charge on any atom is -0.378 e. The molecule has 212 valence electrons. The van der Waals surface area contributed by atoms with Gasteiger partial charge >= 0.3 is 6.18 Å². The minimum absolute atomic E-state index is 0.0982. The lowest BCUT2D eigenvalue weighted by molar-refractivity contribution is -0.138. The third-order valence-electron chi connectivity index (χ3n) is 6.92. The number of hydrogen-bond acceptors (Lipinski definition) is 9. The van der Waals surface area contributed by atoms with Crippen molar-refractivity contribution in [2.24, 2.45) is 5.10 Å².